The highest BCUT2D eigenvalue weighted by molar-refractivity contribution is 5.93. The number of rotatable bonds is 5. The Morgan fingerprint density at radius 3 is 2.76 bits per heavy atom. The third-order valence-corrected chi connectivity index (χ3v) is 2.64. The Kier molecular flexibility index (Phi) is 4.17. The highest BCUT2D eigenvalue weighted by Gasteiger charge is 2.19. The lowest BCUT2D eigenvalue weighted by molar-refractivity contribution is -0.384. The van der Waals surface area contributed by atoms with Crippen LogP contribution >= 0.6 is 0 Å². The minimum atomic E-state index is -0.746. The number of aromatic nitrogens is 1. The Bertz CT molecular complexity index is 679. The lowest BCUT2D eigenvalue weighted by Gasteiger charge is -2.07. The van der Waals surface area contributed by atoms with Gasteiger partial charge in [-0.2, -0.15) is 0 Å². The van der Waals surface area contributed by atoms with Crippen molar-refractivity contribution < 1.29 is 23.7 Å². The molecule has 0 amide bonds. The van der Waals surface area contributed by atoms with E-state index in [1.165, 1.54) is 19.2 Å². The summed E-state index contributed by atoms with van der Waals surface area (Å²) in [7, 11) is 1.36. The maximum absolute atomic E-state index is 12.0. The van der Waals surface area contributed by atoms with E-state index in [4.69, 9.17) is 14.0 Å². The molecule has 0 atom stereocenters. The van der Waals surface area contributed by atoms with Gasteiger partial charge in [0, 0.05) is 18.2 Å². The van der Waals surface area contributed by atoms with Crippen molar-refractivity contribution in [3.63, 3.8) is 0 Å². The predicted molar refractivity (Wildman–Crippen MR) is 70.0 cm³/mol. The van der Waals surface area contributed by atoms with Crippen molar-refractivity contribution in [3.05, 3.63) is 51.4 Å². The summed E-state index contributed by atoms with van der Waals surface area (Å²) in [5.41, 5.74) is 0.412. The van der Waals surface area contributed by atoms with Crippen LogP contribution in [0.25, 0.3) is 0 Å². The number of aryl methyl sites for hydroxylation is 1. The van der Waals surface area contributed by atoms with Crippen LogP contribution in [0.15, 0.2) is 28.8 Å². The highest BCUT2D eigenvalue weighted by atomic mass is 16.6. The van der Waals surface area contributed by atoms with Crippen molar-refractivity contribution in [3.8, 4) is 5.75 Å². The van der Waals surface area contributed by atoms with Crippen molar-refractivity contribution in [2.45, 2.75) is 13.5 Å². The summed E-state index contributed by atoms with van der Waals surface area (Å²) in [5, 5.41) is 14.4. The molecular formula is C13H12N2O6. The molecule has 0 N–H and O–H groups in total. The summed E-state index contributed by atoms with van der Waals surface area (Å²) >= 11 is 0. The standard InChI is InChI=1S/C13H12N2O6/c1-8-5-10(21-14-8)7-20-13(16)11-6-9(15(17)18)3-4-12(11)19-2/h3-6H,7H2,1-2H3. The van der Waals surface area contributed by atoms with E-state index in [2.05, 4.69) is 5.16 Å². The van der Waals surface area contributed by atoms with Crippen LogP contribution in [0.2, 0.25) is 0 Å². The molecule has 1 aromatic heterocycles. The molecule has 0 aliphatic rings. The number of carbonyl (C=O) groups is 1. The second kappa shape index (κ2) is 6.04. The number of ether oxygens (including phenoxy) is 2. The van der Waals surface area contributed by atoms with Crippen LogP contribution in [0.3, 0.4) is 0 Å². The second-order valence-corrected chi connectivity index (χ2v) is 4.15. The fraction of sp³-hybridized carbons (Fsp3) is 0.231. The number of esters is 1. The van der Waals surface area contributed by atoms with E-state index in [1.807, 2.05) is 0 Å². The van der Waals surface area contributed by atoms with E-state index in [1.54, 1.807) is 13.0 Å². The van der Waals surface area contributed by atoms with E-state index < -0.39 is 10.9 Å². The summed E-state index contributed by atoms with van der Waals surface area (Å²) in [6, 6.07) is 5.31. The predicted octanol–water partition coefficient (Wildman–Crippen LogP) is 2.26. The summed E-state index contributed by atoms with van der Waals surface area (Å²) in [5.74, 6) is -0.172. The molecule has 0 spiro atoms. The Balaban J connectivity index is 2.17. The van der Waals surface area contributed by atoms with Gasteiger partial charge in [-0.25, -0.2) is 4.79 Å². The first-order valence-electron chi connectivity index (χ1n) is 5.93. The van der Waals surface area contributed by atoms with Gasteiger partial charge < -0.3 is 14.0 Å². The van der Waals surface area contributed by atoms with Crippen LogP contribution in [0.4, 0.5) is 5.69 Å². The zero-order chi connectivity index (χ0) is 15.4. The molecule has 0 saturated carbocycles. The molecule has 1 aromatic carbocycles. The van der Waals surface area contributed by atoms with Gasteiger partial charge in [-0.1, -0.05) is 5.16 Å². The number of non-ortho nitro benzene ring substituents is 1. The average molecular weight is 292 g/mol. The smallest absolute Gasteiger partial charge is 0.342 e. The maximum Gasteiger partial charge on any atom is 0.342 e. The molecule has 0 radical (unpaired) electrons. The number of hydrogen-bond donors (Lipinski definition) is 0. The average Bonchev–Trinajstić information content (AvgIpc) is 2.89. The summed E-state index contributed by atoms with van der Waals surface area (Å²) in [6.07, 6.45) is 0. The van der Waals surface area contributed by atoms with Gasteiger partial charge in [0.25, 0.3) is 5.69 Å². The third kappa shape index (κ3) is 3.35. The molecule has 21 heavy (non-hydrogen) atoms. The lowest BCUT2D eigenvalue weighted by atomic mass is 10.2. The number of hydrogen-bond acceptors (Lipinski definition) is 7. The topological polar surface area (TPSA) is 105 Å². The number of methoxy groups -OCH3 is 1. The van der Waals surface area contributed by atoms with E-state index in [-0.39, 0.29) is 23.6 Å². The van der Waals surface area contributed by atoms with Crippen LogP contribution in [0, 0.1) is 17.0 Å². The van der Waals surface area contributed by atoms with Crippen LogP contribution in [0.1, 0.15) is 21.8 Å². The van der Waals surface area contributed by atoms with E-state index in [0.717, 1.165) is 6.07 Å². The number of nitrogens with zero attached hydrogens (tertiary/aromatic N) is 2. The number of carbonyl (C=O) groups excluding carboxylic acids is 1. The zero-order valence-corrected chi connectivity index (χ0v) is 11.4. The molecule has 2 aromatic rings. The molecule has 0 aliphatic heterocycles. The highest BCUT2D eigenvalue weighted by Crippen LogP contribution is 2.25. The molecule has 0 fully saturated rings. The van der Waals surface area contributed by atoms with Crippen LogP contribution in [-0.2, 0) is 11.3 Å². The minimum absolute atomic E-state index is 0.0251. The maximum atomic E-state index is 12.0. The largest absolute Gasteiger partial charge is 0.496 e. The normalized spacial score (nSPS) is 10.2. The van der Waals surface area contributed by atoms with Gasteiger partial charge in [-0.15, -0.1) is 0 Å². The summed E-state index contributed by atoms with van der Waals surface area (Å²) in [6.45, 7) is 1.62. The van der Waals surface area contributed by atoms with E-state index in [9.17, 15) is 14.9 Å². The molecule has 0 saturated heterocycles. The molecule has 2 rings (SSSR count). The van der Waals surface area contributed by atoms with Gasteiger partial charge in [0.2, 0.25) is 0 Å². The molecule has 0 aliphatic carbocycles. The fourth-order valence-electron chi connectivity index (χ4n) is 1.67. The Morgan fingerprint density at radius 2 is 2.19 bits per heavy atom. The van der Waals surface area contributed by atoms with Crippen LogP contribution in [-0.4, -0.2) is 23.2 Å². The fourth-order valence-corrected chi connectivity index (χ4v) is 1.67. The number of nitro benzene ring substituents is 1. The lowest BCUT2D eigenvalue weighted by Crippen LogP contribution is -2.07. The van der Waals surface area contributed by atoms with Crippen molar-refractivity contribution in [2.24, 2.45) is 0 Å². The first-order chi connectivity index (χ1) is 10.0. The first kappa shape index (κ1) is 14.5. The first-order valence-corrected chi connectivity index (χ1v) is 5.93. The van der Waals surface area contributed by atoms with Crippen LogP contribution < -0.4 is 4.74 Å². The van der Waals surface area contributed by atoms with Gasteiger partial charge in [-0.3, -0.25) is 10.1 Å². The molecule has 0 unspecified atom stereocenters. The quantitative estimate of drug-likeness (QED) is 0.472. The molecule has 1 heterocycles. The van der Waals surface area contributed by atoms with Crippen molar-refractivity contribution in [2.75, 3.05) is 7.11 Å². The Hall–Kier alpha value is -2.90. The van der Waals surface area contributed by atoms with Gasteiger partial charge in [0.15, 0.2) is 12.4 Å². The number of nitro groups is 1. The van der Waals surface area contributed by atoms with E-state index >= 15 is 0 Å². The zero-order valence-electron chi connectivity index (χ0n) is 11.4. The second-order valence-electron chi connectivity index (χ2n) is 4.15. The molecule has 0 bridgehead atoms. The van der Waals surface area contributed by atoms with Gasteiger partial charge in [0.05, 0.1) is 17.7 Å². The molecule has 8 heteroatoms. The van der Waals surface area contributed by atoms with Crippen molar-refractivity contribution in [1.82, 2.24) is 5.16 Å². The van der Waals surface area contributed by atoms with Gasteiger partial charge >= 0.3 is 5.97 Å². The molecule has 8 nitrogen and oxygen atoms in total. The Labute approximate surface area is 119 Å². The Morgan fingerprint density at radius 1 is 1.43 bits per heavy atom. The van der Waals surface area contributed by atoms with Crippen molar-refractivity contribution >= 4 is 11.7 Å². The monoisotopic (exact) mass is 292 g/mol. The SMILES string of the molecule is COc1ccc([N+](=O)[O-])cc1C(=O)OCc1cc(C)no1. The van der Waals surface area contributed by atoms with Crippen LogP contribution in [0.5, 0.6) is 5.75 Å². The number of benzene rings is 1. The summed E-state index contributed by atoms with van der Waals surface area (Å²) < 4.78 is 14.9. The minimum Gasteiger partial charge on any atom is -0.496 e. The third-order valence-electron chi connectivity index (χ3n) is 2.64. The van der Waals surface area contributed by atoms with Gasteiger partial charge in [-0.05, 0) is 13.0 Å². The van der Waals surface area contributed by atoms with Gasteiger partial charge in [0.1, 0.15) is 11.3 Å². The molecular weight excluding hydrogens is 280 g/mol. The summed E-state index contributed by atoms with van der Waals surface area (Å²) in [4.78, 5) is 22.1. The molecule has 110 valence electrons. The van der Waals surface area contributed by atoms with E-state index in [0.29, 0.717) is 11.5 Å². The van der Waals surface area contributed by atoms with Crippen molar-refractivity contribution in [1.29, 1.82) is 0 Å².